The van der Waals surface area contributed by atoms with E-state index in [9.17, 15) is 13.2 Å². The molecule has 9 heteroatoms. The highest BCUT2D eigenvalue weighted by atomic mass is 35.5. The molecule has 0 unspecified atom stereocenters. The highest BCUT2D eigenvalue weighted by Gasteiger charge is 2.29. The maximum Gasteiger partial charge on any atom is 0.256 e. The monoisotopic (exact) mass is 429 g/mol. The van der Waals surface area contributed by atoms with E-state index in [0.29, 0.717) is 30.0 Å². The van der Waals surface area contributed by atoms with Crippen molar-refractivity contribution in [1.29, 1.82) is 0 Å². The molecule has 3 rings (SSSR count). The van der Waals surface area contributed by atoms with E-state index in [2.05, 4.69) is 5.32 Å². The molecule has 1 amide bonds. The second kappa shape index (κ2) is 8.48. The first kappa shape index (κ1) is 21.5. The van der Waals surface area contributed by atoms with E-state index in [-0.39, 0.29) is 28.2 Å². The average Bonchev–Trinajstić information content (AvgIpc) is 3.14. The van der Waals surface area contributed by atoms with Crippen LogP contribution in [0.15, 0.2) is 41.3 Å². The van der Waals surface area contributed by atoms with Crippen molar-refractivity contribution in [3.8, 4) is 0 Å². The van der Waals surface area contributed by atoms with E-state index >= 15 is 0 Å². The highest BCUT2D eigenvalue weighted by Crippen LogP contribution is 2.30. The Morgan fingerprint density at radius 3 is 2.48 bits per heavy atom. The van der Waals surface area contributed by atoms with Crippen LogP contribution in [0.4, 0.5) is 11.4 Å². The molecule has 2 aromatic rings. The number of carbonyl (C=O) groups is 1. The number of anilines is 2. The number of hydrogen-bond acceptors (Lipinski definition) is 4. The Balaban J connectivity index is 0.00000261. The number of aryl methyl sites for hydroxylation is 1. The number of nitrogens with zero attached hydrogens (tertiary/aromatic N) is 1. The van der Waals surface area contributed by atoms with Crippen LogP contribution in [0.25, 0.3) is 0 Å². The van der Waals surface area contributed by atoms with Crippen molar-refractivity contribution >= 4 is 51.3 Å². The van der Waals surface area contributed by atoms with E-state index in [0.717, 1.165) is 18.4 Å². The van der Waals surface area contributed by atoms with E-state index in [1.807, 2.05) is 0 Å². The zero-order valence-corrected chi connectivity index (χ0v) is 17.1. The molecular formula is C18H21Cl2N3O3S. The van der Waals surface area contributed by atoms with Crippen molar-refractivity contribution in [3.05, 3.63) is 52.5 Å². The molecule has 1 heterocycles. The van der Waals surface area contributed by atoms with Crippen molar-refractivity contribution < 1.29 is 13.2 Å². The summed E-state index contributed by atoms with van der Waals surface area (Å²) in [6.45, 7) is 2.77. The van der Waals surface area contributed by atoms with E-state index in [1.165, 1.54) is 16.4 Å². The summed E-state index contributed by atoms with van der Waals surface area (Å²) in [5, 5.41) is 2.85. The maximum atomic E-state index is 12.8. The number of hydrogen-bond donors (Lipinski definition) is 2. The Labute approximate surface area is 170 Å². The Morgan fingerprint density at radius 2 is 1.81 bits per heavy atom. The summed E-state index contributed by atoms with van der Waals surface area (Å²) in [6, 6.07) is 9.51. The standard InChI is InChI=1S/C18H20ClN3O3S.ClH/c1-12-4-5-13(20)10-15(12)18(23)21-14-6-7-16(19)17(11-14)26(24,25)22-8-2-3-9-22;/h4-7,10-11H,2-3,8-9,20H2,1H3,(H,21,23);1H. The van der Waals surface area contributed by atoms with Gasteiger partial charge in [0.15, 0.2) is 0 Å². The highest BCUT2D eigenvalue weighted by molar-refractivity contribution is 7.89. The number of sulfonamides is 1. The van der Waals surface area contributed by atoms with Crippen LogP contribution >= 0.6 is 24.0 Å². The van der Waals surface area contributed by atoms with Gasteiger partial charge in [-0.05, 0) is 55.7 Å². The molecule has 0 saturated carbocycles. The molecule has 2 aromatic carbocycles. The van der Waals surface area contributed by atoms with Gasteiger partial charge < -0.3 is 11.1 Å². The summed E-state index contributed by atoms with van der Waals surface area (Å²) in [5.41, 5.74) is 7.80. The summed E-state index contributed by atoms with van der Waals surface area (Å²) in [6.07, 6.45) is 1.67. The molecule has 1 aliphatic rings. The third kappa shape index (κ3) is 4.55. The lowest BCUT2D eigenvalue weighted by atomic mass is 10.1. The van der Waals surface area contributed by atoms with Crippen LogP contribution in [-0.2, 0) is 10.0 Å². The van der Waals surface area contributed by atoms with Gasteiger partial charge in [-0.1, -0.05) is 17.7 Å². The lowest BCUT2D eigenvalue weighted by Crippen LogP contribution is -2.28. The third-order valence-electron chi connectivity index (χ3n) is 4.38. The Kier molecular flexibility index (Phi) is 6.75. The smallest absolute Gasteiger partial charge is 0.256 e. The maximum absolute atomic E-state index is 12.8. The van der Waals surface area contributed by atoms with Gasteiger partial charge in [0.25, 0.3) is 5.91 Å². The summed E-state index contributed by atoms with van der Waals surface area (Å²) in [4.78, 5) is 12.5. The number of benzene rings is 2. The predicted molar refractivity (Wildman–Crippen MR) is 110 cm³/mol. The largest absolute Gasteiger partial charge is 0.399 e. The molecule has 0 spiro atoms. The van der Waals surface area contributed by atoms with Gasteiger partial charge in [0, 0.05) is 30.0 Å². The zero-order valence-electron chi connectivity index (χ0n) is 14.7. The van der Waals surface area contributed by atoms with Crippen molar-refractivity contribution in [1.82, 2.24) is 4.31 Å². The number of carbonyl (C=O) groups excluding carboxylic acids is 1. The topological polar surface area (TPSA) is 92.5 Å². The minimum atomic E-state index is -3.68. The fourth-order valence-corrected chi connectivity index (χ4v) is 4.95. The van der Waals surface area contributed by atoms with Crippen LogP contribution in [-0.4, -0.2) is 31.7 Å². The van der Waals surface area contributed by atoms with Crippen molar-refractivity contribution in [2.24, 2.45) is 0 Å². The van der Waals surface area contributed by atoms with Crippen molar-refractivity contribution in [2.75, 3.05) is 24.1 Å². The molecular weight excluding hydrogens is 409 g/mol. The molecule has 1 saturated heterocycles. The van der Waals surface area contributed by atoms with Crippen molar-refractivity contribution in [2.45, 2.75) is 24.7 Å². The second-order valence-electron chi connectivity index (χ2n) is 6.28. The van der Waals surface area contributed by atoms with Gasteiger partial charge in [0.1, 0.15) is 4.90 Å². The Morgan fingerprint density at radius 1 is 1.15 bits per heavy atom. The number of amides is 1. The number of halogens is 2. The number of rotatable bonds is 4. The number of nitrogens with one attached hydrogen (secondary N) is 1. The lowest BCUT2D eigenvalue weighted by molar-refractivity contribution is 0.102. The first-order chi connectivity index (χ1) is 12.3. The molecule has 0 aromatic heterocycles. The van der Waals surface area contributed by atoms with Gasteiger partial charge in [-0.3, -0.25) is 4.79 Å². The van der Waals surface area contributed by atoms with Gasteiger partial charge in [-0.2, -0.15) is 4.31 Å². The van der Waals surface area contributed by atoms with Gasteiger partial charge in [0.2, 0.25) is 10.0 Å². The third-order valence-corrected chi connectivity index (χ3v) is 6.76. The fraction of sp³-hybridized carbons (Fsp3) is 0.278. The summed E-state index contributed by atoms with van der Waals surface area (Å²) < 4.78 is 27.0. The fourth-order valence-electron chi connectivity index (χ4n) is 2.93. The SMILES string of the molecule is Cc1ccc(N)cc1C(=O)Nc1ccc(Cl)c(S(=O)(=O)N2CCCC2)c1.Cl. The van der Waals surface area contributed by atoms with E-state index in [4.69, 9.17) is 17.3 Å². The molecule has 146 valence electrons. The van der Waals surface area contributed by atoms with Crippen LogP contribution in [0.1, 0.15) is 28.8 Å². The first-order valence-corrected chi connectivity index (χ1v) is 10.1. The first-order valence-electron chi connectivity index (χ1n) is 8.26. The molecule has 27 heavy (non-hydrogen) atoms. The Bertz CT molecular complexity index is 958. The Hall–Kier alpha value is -1.80. The van der Waals surface area contributed by atoms with Crippen LogP contribution in [0.3, 0.4) is 0 Å². The van der Waals surface area contributed by atoms with Gasteiger partial charge in [0.05, 0.1) is 5.02 Å². The normalized spacial score (nSPS) is 14.6. The number of nitrogen functional groups attached to an aromatic ring is 1. The van der Waals surface area contributed by atoms with E-state index in [1.54, 1.807) is 31.2 Å². The van der Waals surface area contributed by atoms with Crippen LogP contribution < -0.4 is 11.1 Å². The molecule has 1 aliphatic heterocycles. The van der Waals surface area contributed by atoms with E-state index < -0.39 is 10.0 Å². The molecule has 6 nitrogen and oxygen atoms in total. The minimum absolute atomic E-state index is 0. The second-order valence-corrected chi connectivity index (χ2v) is 8.60. The van der Waals surface area contributed by atoms with Gasteiger partial charge in [-0.25, -0.2) is 8.42 Å². The lowest BCUT2D eigenvalue weighted by Gasteiger charge is -2.17. The van der Waals surface area contributed by atoms with Gasteiger partial charge in [-0.15, -0.1) is 12.4 Å². The van der Waals surface area contributed by atoms with Crippen LogP contribution in [0.2, 0.25) is 5.02 Å². The molecule has 0 atom stereocenters. The molecule has 0 aliphatic carbocycles. The summed E-state index contributed by atoms with van der Waals surface area (Å²) >= 11 is 6.12. The summed E-state index contributed by atoms with van der Waals surface area (Å²) in [5.74, 6) is -0.360. The molecule has 0 radical (unpaired) electrons. The predicted octanol–water partition coefficient (Wildman–Crippen LogP) is 3.69. The van der Waals surface area contributed by atoms with Crippen LogP contribution in [0.5, 0.6) is 0 Å². The number of nitrogens with two attached hydrogens (primary N) is 1. The molecule has 3 N–H and O–H groups in total. The minimum Gasteiger partial charge on any atom is -0.399 e. The summed E-state index contributed by atoms with van der Waals surface area (Å²) in [7, 11) is -3.68. The van der Waals surface area contributed by atoms with Crippen molar-refractivity contribution in [3.63, 3.8) is 0 Å². The molecule has 1 fully saturated rings. The quantitative estimate of drug-likeness (QED) is 0.724. The zero-order chi connectivity index (χ0) is 18.9. The molecule has 0 bridgehead atoms. The average molecular weight is 430 g/mol. The van der Waals surface area contributed by atoms with Crippen LogP contribution in [0, 0.1) is 6.92 Å². The van der Waals surface area contributed by atoms with Gasteiger partial charge >= 0.3 is 0 Å².